The summed E-state index contributed by atoms with van der Waals surface area (Å²) in [6.07, 6.45) is 16.0. The Morgan fingerprint density at radius 3 is 2.06 bits per heavy atom. The van der Waals surface area contributed by atoms with E-state index in [0.29, 0.717) is 5.54 Å². The van der Waals surface area contributed by atoms with Gasteiger partial charge < -0.3 is 5.32 Å². The molecule has 2 aliphatic carbocycles. The first-order valence-corrected chi connectivity index (χ1v) is 7.54. The third-order valence-corrected chi connectivity index (χ3v) is 4.75. The molecule has 0 amide bonds. The molecule has 0 unspecified atom stereocenters. The molecule has 2 fully saturated rings. The minimum atomic E-state index is 0.477. The number of hydrogen-bond donors (Lipinski definition) is 1. The van der Waals surface area contributed by atoms with Crippen LogP contribution in [0.2, 0.25) is 0 Å². The lowest BCUT2D eigenvalue weighted by Gasteiger charge is -2.36. The smallest absolute Gasteiger partial charge is 0.0153 e. The molecule has 0 bridgehead atoms. The van der Waals surface area contributed by atoms with Gasteiger partial charge in [-0.1, -0.05) is 44.9 Å². The number of nitrogens with one attached hydrogen (secondary N) is 1. The van der Waals surface area contributed by atoms with Gasteiger partial charge in [0.2, 0.25) is 0 Å². The highest BCUT2D eigenvalue weighted by Crippen LogP contribution is 2.29. The molecule has 2 saturated carbocycles. The quantitative estimate of drug-likeness (QED) is 0.705. The van der Waals surface area contributed by atoms with E-state index in [-0.39, 0.29) is 0 Å². The van der Waals surface area contributed by atoms with Crippen LogP contribution in [0.5, 0.6) is 0 Å². The molecule has 0 aromatic heterocycles. The van der Waals surface area contributed by atoms with Crippen LogP contribution in [-0.2, 0) is 0 Å². The molecule has 0 aliphatic heterocycles. The standard InChI is InChI=1S/C15H29N/c1-15(11-7-4-8-12-15)16-13-14-9-5-2-3-6-10-14/h14,16H,2-13H2,1H3. The van der Waals surface area contributed by atoms with Crippen LogP contribution in [0, 0.1) is 5.92 Å². The van der Waals surface area contributed by atoms with Gasteiger partial charge in [0, 0.05) is 5.54 Å². The van der Waals surface area contributed by atoms with Crippen LogP contribution in [0.4, 0.5) is 0 Å². The van der Waals surface area contributed by atoms with Crippen molar-refractivity contribution in [2.45, 2.75) is 83.1 Å². The number of rotatable bonds is 3. The third kappa shape index (κ3) is 3.76. The molecule has 1 heteroatoms. The fourth-order valence-electron chi connectivity index (χ4n) is 3.47. The fraction of sp³-hybridized carbons (Fsp3) is 1.00. The average Bonchev–Trinajstić information content (AvgIpc) is 2.56. The molecule has 0 atom stereocenters. The molecule has 0 radical (unpaired) electrons. The van der Waals surface area contributed by atoms with Crippen LogP contribution in [0.3, 0.4) is 0 Å². The van der Waals surface area contributed by atoms with E-state index in [9.17, 15) is 0 Å². The van der Waals surface area contributed by atoms with Crippen molar-refractivity contribution in [3.63, 3.8) is 0 Å². The van der Waals surface area contributed by atoms with E-state index in [2.05, 4.69) is 12.2 Å². The molecule has 1 nitrogen and oxygen atoms in total. The minimum Gasteiger partial charge on any atom is -0.311 e. The van der Waals surface area contributed by atoms with Gasteiger partial charge in [-0.3, -0.25) is 0 Å². The van der Waals surface area contributed by atoms with E-state index < -0.39 is 0 Å². The molecule has 0 aromatic rings. The van der Waals surface area contributed by atoms with Gasteiger partial charge in [0.1, 0.15) is 0 Å². The van der Waals surface area contributed by atoms with Crippen LogP contribution >= 0.6 is 0 Å². The first-order chi connectivity index (χ1) is 7.79. The average molecular weight is 223 g/mol. The topological polar surface area (TPSA) is 12.0 Å². The SMILES string of the molecule is CC1(NCC2CCCCCC2)CCCCC1. The summed E-state index contributed by atoms with van der Waals surface area (Å²) in [6, 6.07) is 0. The van der Waals surface area contributed by atoms with Crippen molar-refractivity contribution in [2.24, 2.45) is 5.92 Å². The Kier molecular flexibility index (Phi) is 4.69. The summed E-state index contributed by atoms with van der Waals surface area (Å²) in [7, 11) is 0. The Labute approximate surface area is 101 Å². The summed E-state index contributed by atoms with van der Waals surface area (Å²) < 4.78 is 0. The lowest BCUT2D eigenvalue weighted by atomic mass is 9.83. The molecule has 2 aliphatic rings. The predicted molar refractivity (Wildman–Crippen MR) is 70.7 cm³/mol. The Hall–Kier alpha value is -0.0400. The zero-order valence-electron chi connectivity index (χ0n) is 11.1. The van der Waals surface area contributed by atoms with Crippen LogP contribution < -0.4 is 5.32 Å². The van der Waals surface area contributed by atoms with Crippen LogP contribution in [0.1, 0.15) is 77.6 Å². The van der Waals surface area contributed by atoms with Crippen molar-refractivity contribution < 1.29 is 0 Å². The highest BCUT2D eigenvalue weighted by molar-refractivity contribution is 4.87. The van der Waals surface area contributed by atoms with Crippen molar-refractivity contribution in [2.75, 3.05) is 6.54 Å². The Morgan fingerprint density at radius 1 is 0.875 bits per heavy atom. The van der Waals surface area contributed by atoms with Crippen molar-refractivity contribution in [3.05, 3.63) is 0 Å². The lowest BCUT2D eigenvalue weighted by molar-refractivity contribution is 0.235. The van der Waals surface area contributed by atoms with Gasteiger partial charge in [0.25, 0.3) is 0 Å². The monoisotopic (exact) mass is 223 g/mol. The third-order valence-electron chi connectivity index (χ3n) is 4.75. The molecule has 0 saturated heterocycles. The lowest BCUT2D eigenvalue weighted by Crippen LogP contribution is -2.45. The maximum absolute atomic E-state index is 3.90. The maximum Gasteiger partial charge on any atom is 0.0153 e. The van der Waals surface area contributed by atoms with Gasteiger partial charge in [-0.2, -0.15) is 0 Å². The number of hydrogen-bond acceptors (Lipinski definition) is 1. The van der Waals surface area contributed by atoms with Crippen molar-refractivity contribution in [1.82, 2.24) is 5.32 Å². The van der Waals surface area contributed by atoms with Gasteiger partial charge >= 0.3 is 0 Å². The van der Waals surface area contributed by atoms with Gasteiger partial charge in [0.05, 0.1) is 0 Å². The van der Waals surface area contributed by atoms with Crippen LogP contribution in [0.25, 0.3) is 0 Å². The molecule has 2 rings (SSSR count). The van der Waals surface area contributed by atoms with E-state index in [1.807, 2.05) is 0 Å². The molecule has 94 valence electrons. The van der Waals surface area contributed by atoms with Crippen LogP contribution in [-0.4, -0.2) is 12.1 Å². The molecular weight excluding hydrogens is 194 g/mol. The summed E-state index contributed by atoms with van der Waals surface area (Å²) in [6.45, 7) is 3.74. The summed E-state index contributed by atoms with van der Waals surface area (Å²) in [5, 5.41) is 3.90. The van der Waals surface area contributed by atoms with Gasteiger partial charge in [0.15, 0.2) is 0 Å². The zero-order chi connectivity index (χ0) is 11.3. The highest BCUT2D eigenvalue weighted by atomic mass is 15.0. The molecule has 0 heterocycles. The van der Waals surface area contributed by atoms with Crippen molar-refractivity contribution >= 4 is 0 Å². The van der Waals surface area contributed by atoms with Crippen molar-refractivity contribution in [1.29, 1.82) is 0 Å². The second-order valence-electron chi connectivity index (χ2n) is 6.36. The van der Waals surface area contributed by atoms with E-state index in [1.165, 1.54) is 77.2 Å². The predicted octanol–water partition coefficient (Wildman–Crippen LogP) is 4.27. The summed E-state index contributed by atoms with van der Waals surface area (Å²) in [5.41, 5.74) is 0.477. The molecule has 1 N–H and O–H groups in total. The van der Waals surface area contributed by atoms with Gasteiger partial charge in [-0.25, -0.2) is 0 Å². The first-order valence-electron chi connectivity index (χ1n) is 7.54. The van der Waals surface area contributed by atoms with Crippen molar-refractivity contribution in [3.8, 4) is 0 Å². The molecule has 0 aromatic carbocycles. The fourth-order valence-corrected chi connectivity index (χ4v) is 3.47. The van der Waals surface area contributed by atoms with E-state index >= 15 is 0 Å². The first kappa shape index (κ1) is 12.4. The second kappa shape index (κ2) is 6.05. The Bertz CT molecular complexity index is 186. The highest BCUT2D eigenvalue weighted by Gasteiger charge is 2.26. The minimum absolute atomic E-state index is 0.477. The zero-order valence-corrected chi connectivity index (χ0v) is 11.1. The Balaban J connectivity index is 1.72. The summed E-state index contributed by atoms with van der Waals surface area (Å²) in [4.78, 5) is 0. The summed E-state index contributed by atoms with van der Waals surface area (Å²) in [5.74, 6) is 0.973. The molecular formula is C15H29N. The molecule has 16 heavy (non-hydrogen) atoms. The maximum atomic E-state index is 3.90. The van der Waals surface area contributed by atoms with Gasteiger partial charge in [-0.15, -0.1) is 0 Å². The Morgan fingerprint density at radius 2 is 1.44 bits per heavy atom. The van der Waals surface area contributed by atoms with E-state index in [1.54, 1.807) is 0 Å². The van der Waals surface area contributed by atoms with Gasteiger partial charge in [-0.05, 0) is 45.1 Å². The normalized spacial score (nSPS) is 27.6. The van der Waals surface area contributed by atoms with Crippen LogP contribution in [0.15, 0.2) is 0 Å². The largest absolute Gasteiger partial charge is 0.311 e. The molecule has 0 spiro atoms. The summed E-state index contributed by atoms with van der Waals surface area (Å²) >= 11 is 0. The van der Waals surface area contributed by atoms with E-state index in [4.69, 9.17) is 0 Å². The second-order valence-corrected chi connectivity index (χ2v) is 6.36. The van der Waals surface area contributed by atoms with E-state index in [0.717, 1.165) is 5.92 Å².